The molecule has 2 aliphatic rings. The molecule has 0 aromatic rings. The predicted molar refractivity (Wildman–Crippen MR) is 75.7 cm³/mol. The first-order valence-electron chi connectivity index (χ1n) is 7.82. The lowest BCUT2D eigenvalue weighted by atomic mass is 9.79. The van der Waals surface area contributed by atoms with Crippen LogP contribution >= 0.6 is 0 Å². The summed E-state index contributed by atoms with van der Waals surface area (Å²) in [5, 5.41) is 13.2. The number of nitrogens with zero attached hydrogens (tertiary/aromatic N) is 1. The van der Waals surface area contributed by atoms with Crippen LogP contribution in [0.1, 0.15) is 44.9 Å². The van der Waals surface area contributed by atoms with Crippen LogP contribution in [0.15, 0.2) is 0 Å². The van der Waals surface area contributed by atoms with Gasteiger partial charge in [0.25, 0.3) is 0 Å². The number of aliphatic hydroxyl groups excluding tert-OH is 1. The third-order valence-corrected chi connectivity index (χ3v) is 4.92. The number of hydrogen-bond acceptors (Lipinski definition) is 3. The molecule has 1 heterocycles. The molecule has 2 fully saturated rings. The molecule has 0 aromatic carbocycles. The molecule has 106 valence electrons. The Kier molecular flexibility index (Phi) is 5.93. The third-order valence-electron chi connectivity index (χ3n) is 4.92. The van der Waals surface area contributed by atoms with E-state index >= 15 is 0 Å². The lowest BCUT2D eigenvalue weighted by Crippen LogP contribution is -2.38. The van der Waals surface area contributed by atoms with Gasteiger partial charge in [-0.1, -0.05) is 12.8 Å². The summed E-state index contributed by atoms with van der Waals surface area (Å²) < 4.78 is 0. The van der Waals surface area contributed by atoms with Crippen molar-refractivity contribution < 1.29 is 5.11 Å². The van der Waals surface area contributed by atoms with Crippen LogP contribution in [0.5, 0.6) is 0 Å². The number of nitrogens with one attached hydrogen (secondary N) is 1. The zero-order valence-electron chi connectivity index (χ0n) is 11.9. The van der Waals surface area contributed by atoms with Gasteiger partial charge in [0.1, 0.15) is 0 Å². The molecule has 18 heavy (non-hydrogen) atoms. The molecular formula is C15H30N2O. The summed E-state index contributed by atoms with van der Waals surface area (Å²) in [5.74, 6) is 1.27. The smallest absolute Gasteiger partial charge is 0.0462 e. The molecule has 1 saturated carbocycles. The Balaban J connectivity index is 1.72. The van der Waals surface area contributed by atoms with Gasteiger partial charge in [-0.25, -0.2) is 0 Å². The van der Waals surface area contributed by atoms with Gasteiger partial charge >= 0.3 is 0 Å². The minimum atomic E-state index is 0.389. The first kappa shape index (κ1) is 14.3. The molecule has 3 nitrogen and oxygen atoms in total. The van der Waals surface area contributed by atoms with E-state index in [0.717, 1.165) is 6.54 Å². The molecule has 2 N–H and O–H groups in total. The van der Waals surface area contributed by atoms with Gasteiger partial charge < -0.3 is 15.3 Å². The lowest BCUT2D eigenvalue weighted by molar-refractivity contribution is 0.130. The van der Waals surface area contributed by atoms with Gasteiger partial charge in [0.05, 0.1) is 0 Å². The quantitative estimate of drug-likeness (QED) is 0.804. The second kappa shape index (κ2) is 7.46. The van der Waals surface area contributed by atoms with Gasteiger partial charge in [-0.3, -0.25) is 0 Å². The Morgan fingerprint density at radius 1 is 1.00 bits per heavy atom. The molecule has 1 aliphatic heterocycles. The maximum atomic E-state index is 9.44. The SMILES string of the molecule is CN1CCCC(NCC2CCCCC2CO)CC1. The highest BCUT2D eigenvalue weighted by molar-refractivity contribution is 4.80. The van der Waals surface area contributed by atoms with Crippen molar-refractivity contribution in [3.63, 3.8) is 0 Å². The van der Waals surface area contributed by atoms with E-state index in [4.69, 9.17) is 0 Å². The van der Waals surface area contributed by atoms with Gasteiger partial charge in [0.15, 0.2) is 0 Å². The molecule has 3 unspecified atom stereocenters. The number of hydrogen-bond donors (Lipinski definition) is 2. The van der Waals surface area contributed by atoms with Crippen LogP contribution in [0.25, 0.3) is 0 Å². The maximum absolute atomic E-state index is 9.44. The molecule has 0 spiro atoms. The Morgan fingerprint density at radius 2 is 1.78 bits per heavy atom. The number of rotatable bonds is 4. The lowest BCUT2D eigenvalue weighted by Gasteiger charge is -2.31. The van der Waals surface area contributed by atoms with Crippen LogP contribution in [0.2, 0.25) is 0 Å². The largest absolute Gasteiger partial charge is 0.396 e. The van der Waals surface area contributed by atoms with E-state index in [2.05, 4.69) is 17.3 Å². The van der Waals surface area contributed by atoms with Crippen LogP contribution in [-0.4, -0.2) is 49.3 Å². The zero-order valence-corrected chi connectivity index (χ0v) is 11.9. The summed E-state index contributed by atoms with van der Waals surface area (Å²) in [6.07, 6.45) is 9.14. The second-order valence-electron chi connectivity index (χ2n) is 6.33. The van der Waals surface area contributed by atoms with Crippen molar-refractivity contribution in [2.24, 2.45) is 11.8 Å². The van der Waals surface area contributed by atoms with E-state index in [1.807, 2.05) is 0 Å². The van der Waals surface area contributed by atoms with Crippen molar-refractivity contribution in [2.75, 3.05) is 33.3 Å². The van der Waals surface area contributed by atoms with Crippen LogP contribution in [0.3, 0.4) is 0 Å². The van der Waals surface area contributed by atoms with Crippen LogP contribution < -0.4 is 5.32 Å². The summed E-state index contributed by atoms with van der Waals surface area (Å²) >= 11 is 0. The Morgan fingerprint density at radius 3 is 2.56 bits per heavy atom. The van der Waals surface area contributed by atoms with Gasteiger partial charge in [-0.05, 0) is 70.6 Å². The fourth-order valence-corrected chi connectivity index (χ4v) is 3.56. The third kappa shape index (κ3) is 4.22. The number of aliphatic hydroxyl groups is 1. The fourth-order valence-electron chi connectivity index (χ4n) is 3.56. The maximum Gasteiger partial charge on any atom is 0.0462 e. The first-order chi connectivity index (χ1) is 8.79. The molecular weight excluding hydrogens is 224 g/mol. The Bertz CT molecular complexity index is 235. The topological polar surface area (TPSA) is 35.5 Å². The van der Waals surface area contributed by atoms with Crippen molar-refractivity contribution in [3.8, 4) is 0 Å². The van der Waals surface area contributed by atoms with Crippen molar-refractivity contribution in [3.05, 3.63) is 0 Å². The van der Waals surface area contributed by atoms with E-state index in [1.54, 1.807) is 0 Å². The van der Waals surface area contributed by atoms with Gasteiger partial charge in [0.2, 0.25) is 0 Å². The van der Waals surface area contributed by atoms with Gasteiger partial charge in [0, 0.05) is 12.6 Å². The highest BCUT2D eigenvalue weighted by Gasteiger charge is 2.25. The normalized spacial score (nSPS) is 35.3. The standard InChI is InChI=1S/C15H30N2O/c1-17-9-4-7-15(8-10-17)16-11-13-5-2-3-6-14(13)12-18/h13-16,18H,2-12H2,1H3. The van der Waals surface area contributed by atoms with Crippen LogP contribution in [0, 0.1) is 11.8 Å². The summed E-state index contributed by atoms with van der Waals surface area (Å²) in [7, 11) is 2.23. The highest BCUT2D eigenvalue weighted by atomic mass is 16.3. The summed E-state index contributed by atoms with van der Waals surface area (Å²) in [6.45, 7) is 3.99. The van der Waals surface area contributed by atoms with Crippen molar-refractivity contribution in [2.45, 2.75) is 51.0 Å². The average Bonchev–Trinajstić information content (AvgIpc) is 2.61. The molecule has 0 aromatic heterocycles. The summed E-state index contributed by atoms with van der Waals surface area (Å²) in [5.41, 5.74) is 0. The van der Waals surface area contributed by atoms with E-state index in [9.17, 15) is 5.11 Å². The van der Waals surface area contributed by atoms with Crippen LogP contribution in [0.4, 0.5) is 0 Å². The van der Waals surface area contributed by atoms with Gasteiger partial charge in [-0.2, -0.15) is 0 Å². The van der Waals surface area contributed by atoms with Crippen molar-refractivity contribution in [1.82, 2.24) is 10.2 Å². The molecule has 2 rings (SSSR count). The Hall–Kier alpha value is -0.120. The van der Waals surface area contributed by atoms with E-state index in [-0.39, 0.29) is 0 Å². The molecule has 3 atom stereocenters. The Labute approximate surface area is 112 Å². The molecule has 1 aliphatic carbocycles. The highest BCUT2D eigenvalue weighted by Crippen LogP contribution is 2.29. The molecule has 1 saturated heterocycles. The van der Waals surface area contributed by atoms with Crippen LogP contribution in [-0.2, 0) is 0 Å². The molecule has 3 heteroatoms. The minimum absolute atomic E-state index is 0.389. The average molecular weight is 254 g/mol. The van der Waals surface area contributed by atoms with E-state index in [1.165, 1.54) is 58.0 Å². The number of likely N-dealkylation sites (tertiary alicyclic amines) is 1. The van der Waals surface area contributed by atoms with Gasteiger partial charge in [-0.15, -0.1) is 0 Å². The van der Waals surface area contributed by atoms with E-state index in [0.29, 0.717) is 24.5 Å². The predicted octanol–water partition coefficient (Wildman–Crippen LogP) is 1.86. The molecule has 0 radical (unpaired) electrons. The first-order valence-corrected chi connectivity index (χ1v) is 7.82. The molecule has 0 bridgehead atoms. The minimum Gasteiger partial charge on any atom is -0.396 e. The van der Waals surface area contributed by atoms with Crippen molar-refractivity contribution >= 4 is 0 Å². The van der Waals surface area contributed by atoms with E-state index < -0.39 is 0 Å². The fraction of sp³-hybridized carbons (Fsp3) is 1.00. The monoisotopic (exact) mass is 254 g/mol. The summed E-state index contributed by atoms with van der Waals surface area (Å²) in [6, 6.07) is 0.705. The molecule has 0 amide bonds. The second-order valence-corrected chi connectivity index (χ2v) is 6.33. The van der Waals surface area contributed by atoms with Crippen molar-refractivity contribution in [1.29, 1.82) is 0 Å². The zero-order chi connectivity index (χ0) is 12.8. The summed E-state index contributed by atoms with van der Waals surface area (Å²) in [4.78, 5) is 2.44.